The third-order valence-corrected chi connectivity index (χ3v) is 3.25. The minimum Gasteiger partial charge on any atom is -0.396 e. The summed E-state index contributed by atoms with van der Waals surface area (Å²) in [6.45, 7) is 3.55. The lowest BCUT2D eigenvalue weighted by Gasteiger charge is -2.10. The zero-order valence-corrected chi connectivity index (χ0v) is 11.8. The lowest BCUT2D eigenvalue weighted by molar-refractivity contribution is 0.0951. The second kappa shape index (κ2) is 5.91. The van der Waals surface area contributed by atoms with E-state index in [4.69, 9.17) is 5.73 Å². The summed E-state index contributed by atoms with van der Waals surface area (Å²) in [6, 6.07) is 7.40. The van der Waals surface area contributed by atoms with E-state index in [0.717, 1.165) is 5.56 Å². The van der Waals surface area contributed by atoms with E-state index in [2.05, 4.69) is 5.32 Å². The first kappa shape index (κ1) is 15.0. The van der Waals surface area contributed by atoms with Crippen molar-refractivity contribution in [1.29, 1.82) is 0 Å². The number of rotatable bonds is 3. The number of carbonyl (C=O) groups excluding carboxylic acids is 1. The molecule has 110 valence electrons. The van der Waals surface area contributed by atoms with E-state index in [1.165, 1.54) is 18.2 Å². The maximum Gasteiger partial charge on any atom is 0.253 e. The molecule has 2 aromatic carbocycles. The van der Waals surface area contributed by atoms with Crippen molar-refractivity contribution in [3.63, 3.8) is 0 Å². The third kappa shape index (κ3) is 3.18. The molecule has 2 aromatic rings. The summed E-state index contributed by atoms with van der Waals surface area (Å²) in [5, 5.41) is 2.65. The van der Waals surface area contributed by atoms with Crippen LogP contribution in [-0.4, -0.2) is 5.91 Å². The maximum atomic E-state index is 13.5. The van der Waals surface area contributed by atoms with Gasteiger partial charge in [-0.3, -0.25) is 4.79 Å². The number of nitrogen functional groups attached to an aromatic ring is 1. The van der Waals surface area contributed by atoms with E-state index in [1.807, 2.05) is 0 Å². The second-order valence-electron chi connectivity index (χ2n) is 4.93. The van der Waals surface area contributed by atoms with Gasteiger partial charge in [0.25, 0.3) is 5.91 Å². The highest BCUT2D eigenvalue weighted by Crippen LogP contribution is 2.17. The van der Waals surface area contributed by atoms with Gasteiger partial charge < -0.3 is 11.1 Å². The van der Waals surface area contributed by atoms with Gasteiger partial charge in [-0.05, 0) is 42.7 Å². The minimum atomic E-state index is -0.629. The molecular weight excluding hydrogens is 274 g/mol. The minimum absolute atomic E-state index is 0.0885. The Morgan fingerprint density at radius 3 is 2.43 bits per heavy atom. The molecule has 3 nitrogen and oxygen atoms in total. The molecule has 1 amide bonds. The van der Waals surface area contributed by atoms with Crippen LogP contribution in [0.25, 0.3) is 0 Å². The summed E-state index contributed by atoms with van der Waals surface area (Å²) in [5.74, 6) is -1.35. The molecule has 0 radical (unpaired) electrons. The van der Waals surface area contributed by atoms with Gasteiger partial charge in [0.15, 0.2) is 0 Å². The van der Waals surface area contributed by atoms with Crippen molar-refractivity contribution in [1.82, 2.24) is 5.32 Å². The van der Waals surface area contributed by atoms with Crippen LogP contribution in [-0.2, 0) is 6.54 Å². The van der Waals surface area contributed by atoms with Crippen LogP contribution in [0, 0.1) is 25.5 Å². The molecule has 0 saturated heterocycles. The number of hydrogen-bond acceptors (Lipinski definition) is 2. The number of benzene rings is 2. The Hall–Kier alpha value is -2.43. The summed E-state index contributed by atoms with van der Waals surface area (Å²) < 4.78 is 26.8. The van der Waals surface area contributed by atoms with E-state index in [9.17, 15) is 13.6 Å². The summed E-state index contributed by atoms with van der Waals surface area (Å²) >= 11 is 0. The van der Waals surface area contributed by atoms with Crippen LogP contribution in [0.2, 0.25) is 0 Å². The fourth-order valence-corrected chi connectivity index (χ4v) is 2.15. The van der Waals surface area contributed by atoms with Gasteiger partial charge in [-0.15, -0.1) is 0 Å². The summed E-state index contributed by atoms with van der Waals surface area (Å²) in [5.41, 5.74) is 7.25. The Morgan fingerprint density at radius 1 is 1.19 bits per heavy atom. The van der Waals surface area contributed by atoms with Gasteiger partial charge in [-0.25, -0.2) is 8.78 Å². The highest BCUT2D eigenvalue weighted by molar-refractivity contribution is 5.99. The fourth-order valence-electron chi connectivity index (χ4n) is 2.15. The summed E-state index contributed by atoms with van der Waals surface area (Å²) in [4.78, 5) is 12.0. The molecule has 2 rings (SSSR count). The van der Waals surface area contributed by atoms with E-state index in [1.54, 1.807) is 26.0 Å². The van der Waals surface area contributed by atoms with Gasteiger partial charge in [0, 0.05) is 6.54 Å². The molecule has 0 saturated carbocycles. The number of amides is 1. The van der Waals surface area contributed by atoms with Crippen LogP contribution >= 0.6 is 0 Å². The fraction of sp³-hybridized carbons (Fsp3) is 0.188. The van der Waals surface area contributed by atoms with Gasteiger partial charge in [0.05, 0.1) is 11.3 Å². The van der Waals surface area contributed by atoms with Crippen molar-refractivity contribution in [3.8, 4) is 0 Å². The van der Waals surface area contributed by atoms with Crippen LogP contribution in [0.4, 0.5) is 14.5 Å². The number of aryl methyl sites for hydroxylation is 2. The lowest BCUT2D eigenvalue weighted by atomic mass is 10.1. The van der Waals surface area contributed by atoms with Gasteiger partial charge in [-0.1, -0.05) is 18.2 Å². The van der Waals surface area contributed by atoms with E-state index in [-0.39, 0.29) is 23.6 Å². The Morgan fingerprint density at radius 2 is 1.81 bits per heavy atom. The average molecular weight is 290 g/mol. The molecular formula is C16H16F2N2O. The predicted molar refractivity (Wildman–Crippen MR) is 77.9 cm³/mol. The van der Waals surface area contributed by atoms with Crippen molar-refractivity contribution in [3.05, 3.63) is 64.2 Å². The maximum absolute atomic E-state index is 13.5. The van der Waals surface area contributed by atoms with Crippen LogP contribution in [0.5, 0.6) is 0 Å². The van der Waals surface area contributed by atoms with Crippen LogP contribution in [0.3, 0.4) is 0 Å². The average Bonchev–Trinajstić information content (AvgIpc) is 2.45. The monoisotopic (exact) mass is 290 g/mol. The Labute approximate surface area is 121 Å². The van der Waals surface area contributed by atoms with Gasteiger partial charge in [0.2, 0.25) is 0 Å². The van der Waals surface area contributed by atoms with Gasteiger partial charge in [-0.2, -0.15) is 0 Å². The standard InChI is InChI=1S/C16H16F2N2O/c1-9-6-11(7-10(2)14(9)18)8-20-16(21)12-4-3-5-13(17)15(12)19/h3-7H,8,19H2,1-2H3,(H,20,21). The first-order valence-corrected chi connectivity index (χ1v) is 6.48. The SMILES string of the molecule is Cc1cc(CNC(=O)c2cccc(F)c2N)cc(C)c1F. The molecule has 0 heterocycles. The number of halogens is 2. The first-order valence-electron chi connectivity index (χ1n) is 6.48. The molecule has 0 aliphatic carbocycles. The van der Waals surface area contributed by atoms with E-state index < -0.39 is 11.7 Å². The molecule has 0 spiro atoms. The zero-order valence-electron chi connectivity index (χ0n) is 11.8. The lowest BCUT2D eigenvalue weighted by Crippen LogP contribution is -2.24. The molecule has 0 fully saturated rings. The molecule has 0 atom stereocenters. The highest BCUT2D eigenvalue weighted by atomic mass is 19.1. The Kier molecular flexibility index (Phi) is 4.21. The number of nitrogens with two attached hydrogens (primary N) is 1. The van der Waals surface area contributed by atoms with Crippen molar-refractivity contribution in [2.75, 3.05) is 5.73 Å². The van der Waals surface area contributed by atoms with E-state index >= 15 is 0 Å². The van der Waals surface area contributed by atoms with Crippen LogP contribution in [0.1, 0.15) is 27.0 Å². The molecule has 5 heteroatoms. The van der Waals surface area contributed by atoms with Crippen LogP contribution < -0.4 is 11.1 Å². The Bertz CT molecular complexity index is 676. The summed E-state index contributed by atoms with van der Waals surface area (Å²) in [7, 11) is 0. The summed E-state index contributed by atoms with van der Waals surface area (Å²) in [6.07, 6.45) is 0. The Balaban J connectivity index is 2.13. The number of nitrogens with one attached hydrogen (secondary N) is 1. The topological polar surface area (TPSA) is 55.1 Å². The normalized spacial score (nSPS) is 10.5. The first-order chi connectivity index (χ1) is 9.90. The molecule has 21 heavy (non-hydrogen) atoms. The molecule has 0 aromatic heterocycles. The molecule has 3 N–H and O–H groups in total. The predicted octanol–water partition coefficient (Wildman–Crippen LogP) is 3.09. The van der Waals surface area contributed by atoms with Crippen molar-refractivity contribution in [2.24, 2.45) is 0 Å². The van der Waals surface area contributed by atoms with Crippen LogP contribution in [0.15, 0.2) is 30.3 Å². The van der Waals surface area contributed by atoms with E-state index in [0.29, 0.717) is 11.1 Å². The van der Waals surface area contributed by atoms with Crippen molar-refractivity contribution in [2.45, 2.75) is 20.4 Å². The number of carbonyl (C=O) groups is 1. The quantitative estimate of drug-likeness (QED) is 0.853. The highest BCUT2D eigenvalue weighted by Gasteiger charge is 2.12. The van der Waals surface area contributed by atoms with Crippen molar-refractivity contribution >= 4 is 11.6 Å². The molecule has 0 unspecified atom stereocenters. The third-order valence-electron chi connectivity index (χ3n) is 3.25. The molecule has 0 aliphatic rings. The molecule has 0 bridgehead atoms. The van der Waals surface area contributed by atoms with Crippen molar-refractivity contribution < 1.29 is 13.6 Å². The van der Waals surface area contributed by atoms with Gasteiger partial charge >= 0.3 is 0 Å². The zero-order chi connectivity index (χ0) is 15.6. The van der Waals surface area contributed by atoms with Gasteiger partial charge in [0.1, 0.15) is 11.6 Å². The number of anilines is 1. The second-order valence-corrected chi connectivity index (χ2v) is 4.93. The number of para-hydroxylation sites is 1. The smallest absolute Gasteiger partial charge is 0.253 e. The largest absolute Gasteiger partial charge is 0.396 e. The number of hydrogen-bond donors (Lipinski definition) is 2. The molecule has 0 aliphatic heterocycles.